The number of aromatic nitrogens is 2. The van der Waals surface area contributed by atoms with Crippen LogP contribution in [0.2, 0.25) is 0 Å². The summed E-state index contributed by atoms with van der Waals surface area (Å²) in [5, 5.41) is 7.95. The van der Waals surface area contributed by atoms with E-state index in [0.29, 0.717) is 17.5 Å². The molecule has 2 aromatic heterocycles. The van der Waals surface area contributed by atoms with Crippen molar-refractivity contribution in [3.05, 3.63) is 46.9 Å². The summed E-state index contributed by atoms with van der Waals surface area (Å²) in [7, 11) is 0. The van der Waals surface area contributed by atoms with Gasteiger partial charge in [0.15, 0.2) is 5.82 Å². The Kier molecular flexibility index (Phi) is 3.52. The SMILES string of the molecule is Nc1cccc(SCc2noc(-c3ccsc3)n2)c1. The van der Waals surface area contributed by atoms with E-state index < -0.39 is 0 Å². The molecular weight excluding hydrogens is 278 g/mol. The summed E-state index contributed by atoms with van der Waals surface area (Å²) in [5.41, 5.74) is 7.47. The molecule has 0 atom stereocenters. The fraction of sp³-hybridized carbons (Fsp3) is 0.0769. The van der Waals surface area contributed by atoms with Crippen LogP contribution in [0.1, 0.15) is 5.82 Å². The summed E-state index contributed by atoms with van der Waals surface area (Å²) in [6.45, 7) is 0. The highest BCUT2D eigenvalue weighted by atomic mass is 32.2. The monoisotopic (exact) mass is 289 g/mol. The highest BCUT2D eigenvalue weighted by Crippen LogP contribution is 2.25. The van der Waals surface area contributed by atoms with Crippen molar-refractivity contribution in [1.82, 2.24) is 10.1 Å². The van der Waals surface area contributed by atoms with Crippen LogP contribution in [-0.2, 0) is 5.75 Å². The largest absolute Gasteiger partial charge is 0.399 e. The van der Waals surface area contributed by atoms with Gasteiger partial charge in [-0.2, -0.15) is 16.3 Å². The van der Waals surface area contributed by atoms with E-state index in [-0.39, 0.29) is 0 Å². The van der Waals surface area contributed by atoms with Crippen LogP contribution in [0.5, 0.6) is 0 Å². The Labute approximate surface area is 118 Å². The van der Waals surface area contributed by atoms with E-state index in [1.54, 1.807) is 23.1 Å². The standard InChI is InChI=1S/C13H11N3OS2/c14-10-2-1-3-11(6-10)19-8-12-15-13(17-16-12)9-4-5-18-7-9/h1-7H,8,14H2. The number of benzene rings is 1. The molecule has 19 heavy (non-hydrogen) atoms. The minimum atomic E-state index is 0.574. The van der Waals surface area contributed by atoms with Crippen molar-refractivity contribution in [3.63, 3.8) is 0 Å². The first-order valence-electron chi connectivity index (χ1n) is 5.65. The smallest absolute Gasteiger partial charge is 0.258 e. The van der Waals surface area contributed by atoms with Gasteiger partial charge in [-0.3, -0.25) is 0 Å². The van der Waals surface area contributed by atoms with Crippen molar-refractivity contribution >= 4 is 28.8 Å². The van der Waals surface area contributed by atoms with Gasteiger partial charge in [-0.15, -0.1) is 11.8 Å². The number of hydrogen-bond donors (Lipinski definition) is 1. The zero-order chi connectivity index (χ0) is 13.1. The highest BCUT2D eigenvalue weighted by Gasteiger charge is 2.09. The average molecular weight is 289 g/mol. The van der Waals surface area contributed by atoms with E-state index >= 15 is 0 Å². The van der Waals surface area contributed by atoms with Gasteiger partial charge in [-0.05, 0) is 29.6 Å². The number of thioether (sulfide) groups is 1. The Hall–Kier alpha value is -1.79. The number of nitrogen functional groups attached to an aromatic ring is 1. The molecule has 0 radical (unpaired) electrons. The maximum Gasteiger partial charge on any atom is 0.258 e. The second kappa shape index (κ2) is 5.46. The van der Waals surface area contributed by atoms with Crippen molar-refractivity contribution in [3.8, 4) is 11.5 Å². The molecule has 3 rings (SSSR count). The van der Waals surface area contributed by atoms with Crippen LogP contribution in [-0.4, -0.2) is 10.1 Å². The minimum absolute atomic E-state index is 0.574. The van der Waals surface area contributed by atoms with Crippen molar-refractivity contribution in [2.24, 2.45) is 0 Å². The molecule has 0 aliphatic rings. The Bertz CT molecular complexity index is 664. The van der Waals surface area contributed by atoms with Gasteiger partial charge in [-0.1, -0.05) is 11.2 Å². The maximum atomic E-state index is 5.73. The molecule has 0 saturated heterocycles. The van der Waals surface area contributed by atoms with Crippen molar-refractivity contribution in [2.75, 3.05) is 5.73 Å². The van der Waals surface area contributed by atoms with Crippen LogP contribution in [0.25, 0.3) is 11.5 Å². The topological polar surface area (TPSA) is 64.9 Å². The third-order valence-corrected chi connectivity index (χ3v) is 4.14. The fourth-order valence-electron chi connectivity index (χ4n) is 1.57. The van der Waals surface area contributed by atoms with E-state index in [0.717, 1.165) is 16.1 Å². The second-order valence-electron chi connectivity index (χ2n) is 3.89. The lowest BCUT2D eigenvalue weighted by molar-refractivity contribution is 0.425. The van der Waals surface area contributed by atoms with Gasteiger partial charge in [0.25, 0.3) is 5.89 Å². The minimum Gasteiger partial charge on any atom is -0.399 e. The van der Waals surface area contributed by atoms with Crippen molar-refractivity contribution in [2.45, 2.75) is 10.6 Å². The summed E-state index contributed by atoms with van der Waals surface area (Å²) >= 11 is 3.24. The molecule has 2 heterocycles. The third-order valence-electron chi connectivity index (χ3n) is 2.46. The van der Waals surface area contributed by atoms with Gasteiger partial charge in [0.2, 0.25) is 0 Å². The van der Waals surface area contributed by atoms with Gasteiger partial charge in [0.05, 0.1) is 11.3 Å². The first-order valence-corrected chi connectivity index (χ1v) is 7.57. The molecule has 0 amide bonds. The number of nitrogens with zero attached hydrogens (tertiary/aromatic N) is 2. The zero-order valence-corrected chi connectivity index (χ0v) is 11.6. The molecule has 0 fully saturated rings. The second-order valence-corrected chi connectivity index (χ2v) is 5.72. The predicted molar refractivity (Wildman–Crippen MR) is 78.0 cm³/mol. The number of nitrogens with two attached hydrogens (primary N) is 1. The highest BCUT2D eigenvalue weighted by molar-refractivity contribution is 7.98. The maximum absolute atomic E-state index is 5.73. The molecule has 2 N–H and O–H groups in total. The number of anilines is 1. The average Bonchev–Trinajstić information content (AvgIpc) is 3.07. The van der Waals surface area contributed by atoms with Gasteiger partial charge in [0.1, 0.15) is 0 Å². The summed E-state index contributed by atoms with van der Waals surface area (Å²) in [4.78, 5) is 5.47. The van der Waals surface area contributed by atoms with Gasteiger partial charge in [-0.25, -0.2) is 0 Å². The summed E-state index contributed by atoms with van der Waals surface area (Å²) in [6.07, 6.45) is 0. The number of hydrogen-bond acceptors (Lipinski definition) is 6. The molecule has 0 spiro atoms. The number of rotatable bonds is 4. The lowest BCUT2D eigenvalue weighted by atomic mass is 10.3. The first-order chi connectivity index (χ1) is 9.31. The molecule has 96 valence electrons. The first kappa shape index (κ1) is 12.3. The molecular formula is C13H11N3OS2. The van der Waals surface area contributed by atoms with E-state index in [1.165, 1.54) is 0 Å². The van der Waals surface area contributed by atoms with E-state index in [4.69, 9.17) is 10.3 Å². The van der Waals surface area contributed by atoms with Crippen LogP contribution in [0.4, 0.5) is 5.69 Å². The Morgan fingerprint density at radius 2 is 2.26 bits per heavy atom. The molecule has 6 heteroatoms. The lowest BCUT2D eigenvalue weighted by Gasteiger charge is -1.99. The molecule has 0 saturated carbocycles. The Balaban J connectivity index is 1.68. The van der Waals surface area contributed by atoms with Crippen molar-refractivity contribution in [1.29, 1.82) is 0 Å². The summed E-state index contributed by atoms with van der Waals surface area (Å²) in [5.74, 6) is 1.93. The van der Waals surface area contributed by atoms with E-state index in [9.17, 15) is 0 Å². The fourth-order valence-corrected chi connectivity index (χ4v) is 3.01. The summed E-state index contributed by atoms with van der Waals surface area (Å²) < 4.78 is 5.23. The van der Waals surface area contributed by atoms with E-state index in [1.807, 2.05) is 41.1 Å². The normalized spacial score (nSPS) is 10.7. The van der Waals surface area contributed by atoms with Crippen LogP contribution in [0.3, 0.4) is 0 Å². The molecule has 1 aromatic carbocycles. The van der Waals surface area contributed by atoms with Gasteiger partial charge >= 0.3 is 0 Å². The van der Waals surface area contributed by atoms with Crippen LogP contribution in [0.15, 0.2) is 50.5 Å². The van der Waals surface area contributed by atoms with E-state index in [2.05, 4.69) is 10.1 Å². The van der Waals surface area contributed by atoms with Crippen molar-refractivity contribution < 1.29 is 4.52 Å². The Morgan fingerprint density at radius 1 is 1.32 bits per heavy atom. The van der Waals surface area contributed by atoms with Gasteiger partial charge < -0.3 is 10.3 Å². The van der Waals surface area contributed by atoms with Crippen LogP contribution in [0, 0.1) is 0 Å². The predicted octanol–water partition coefficient (Wildman–Crippen LogP) is 3.67. The zero-order valence-electron chi connectivity index (χ0n) is 9.95. The van der Waals surface area contributed by atoms with Crippen LogP contribution >= 0.6 is 23.1 Å². The lowest BCUT2D eigenvalue weighted by Crippen LogP contribution is -1.86. The molecule has 0 aliphatic carbocycles. The summed E-state index contributed by atoms with van der Waals surface area (Å²) in [6, 6.07) is 9.72. The molecule has 3 aromatic rings. The molecule has 0 aliphatic heterocycles. The quantitative estimate of drug-likeness (QED) is 0.586. The Morgan fingerprint density at radius 3 is 3.05 bits per heavy atom. The molecule has 0 bridgehead atoms. The molecule has 0 unspecified atom stereocenters. The third kappa shape index (κ3) is 2.97. The van der Waals surface area contributed by atoms with Crippen LogP contribution < -0.4 is 5.73 Å². The van der Waals surface area contributed by atoms with Gasteiger partial charge in [0, 0.05) is 16.0 Å². The number of thiophene rings is 1. The molecule has 4 nitrogen and oxygen atoms in total.